The Hall–Kier alpha value is -5.87. The molecule has 6 N–H and O–H groups in total. The van der Waals surface area contributed by atoms with Gasteiger partial charge in [0.2, 0.25) is 12.2 Å². The number of rotatable bonds is 31. The Morgan fingerprint density at radius 2 is 1.50 bits per heavy atom. The van der Waals surface area contributed by atoms with E-state index in [9.17, 15) is 52.8 Å². The molecule has 6 atom stereocenters. The number of ether oxygens (including phenoxy) is 6. The first-order valence-corrected chi connectivity index (χ1v) is 25.2. The molecule has 2 unspecified atom stereocenters. The molecule has 5 rings (SSSR count). The van der Waals surface area contributed by atoms with Crippen molar-refractivity contribution in [2.45, 2.75) is 88.6 Å². The molecular weight excluding hydrogens is 989 g/mol. The molecule has 1 aliphatic rings. The summed E-state index contributed by atoms with van der Waals surface area (Å²) in [6.45, 7) is 3.64. The highest BCUT2D eigenvalue weighted by Gasteiger charge is 2.45. The fourth-order valence-corrected chi connectivity index (χ4v) is 8.06. The number of hydrogen-bond donors (Lipinski definition) is 5. The second-order valence-corrected chi connectivity index (χ2v) is 18.3. The lowest BCUT2D eigenvalue weighted by Gasteiger charge is -2.39. The minimum absolute atomic E-state index is 0.00360. The van der Waals surface area contributed by atoms with Crippen LogP contribution in [0.15, 0.2) is 66.9 Å². The molecule has 2 heterocycles. The van der Waals surface area contributed by atoms with Crippen molar-refractivity contribution in [3.8, 4) is 17.2 Å². The third-order valence-electron chi connectivity index (χ3n) is 10.8. The summed E-state index contributed by atoms with van der Waals surface area (Å²) in [6.07, 6.45) is -4.22. The van der Waals surface area contributed by atoms with Crippen molar-refractivity contribution in [2.24, 2.45) is 5.73 Å². The van der Waals surface area contributed by atoms with Crippen LogP contribution >= 0.6 is 11.8 Å². The molecule has 25 heteroatoms. The van der Waals surface area contributed by atoms with Crippen LogP contribution in [-0.2, 0) is 58.5 Å². The predicted octanol–water partition coefficient (Wildman–Crippen LogP) is 1.78. The lowest BCUT2D eigenvalue weighted by Crippen LogP contribution is -2.60. The molecule has 72 heavy (non-hydrogen) atoms. The van der Waals surface area contributed by atoms with Gasteiger partial charge in [-0.2, -0.15) is 11.8 Å². The zero-order chi connectivity index (χ0) is 52.4. The second-order valence-electron chi connectivity index (χ2n) is 16.1. The van der Waals surface area contributed by atoms with Gasteiger partial charge in [0.25, 0.3) is 0 Å². The smallest absolute Gasteiger partial charge is 0.460 e. The molecule has 392 valence electrons. The van der Waals surface area contributed by atoms with E-state index in [4.69, 9.17) is 42.5 Å². The minimum atomic E-state index is -4.84. The SMILES string of the molecule is CCc1ccc(OS(=O)(=O)Oc2cc(C(=O)CCCOCCn3cc(COCCOCCOC(=O)c4cc(C(C)=O)cc(C(=O)CC(SC)C(N)=O)c4)nn3)ccc2OC2O[C@H](CO)[C@H](O)[C@H](O)[C@H]2O)cc1. The number of benzene rings is 3. The summed E-state index contributed by atoms with van der Waals surface area (Å²) < 4.78 is 71.1. The number of primary amides is 1. The summed E-state index contributed by atoms with van der Waals surface area (Å²) in [7, 11) is -4.84. The van der Waals surface area contributed by atoms with Gasteiger partial charge < -0.3 is 62.9 Å². The number of aromatic nitrogens is 3. The zero-order valence-electron chi connectivity index (χ0n) is 39.7. The van der Waals surface area contributed by atoms with Crippen LogP contribution in [0.5, 0.6) is 17.2 Å². The summed E-state index contributed by atoms with van der Waals surface area (Å²) >= 11 is 1.13. The van der Waals surface area contributed by atoms with Crippen molar-refractivity contribution in [3.05, 3.63) is 100 Å². The quantitative estimate of drug-likeness (QED) is 0.0272. The molecule has 1 fully saturated rings. The van der Waals surface area contributed by atoms with Crippen LogP contribution in [0.3, 0.4) is 0 Å². The number of aryl methyl sites for hydroxylation is 1. The highest BCUT2D eigenvalue weighted by Crippen LogP contribution is 2.34. The van der Waals surface area contributed by atoms with E-state index in [1.54, 1.807) is 29.3 Å². The fraction of sp³-hybridized carbons (Fsp3) is 0.468. The van der Waals surface area contributed by atoms with Gasteiger partial charge >= 0.3 is 16.4 Å². The Balaban J connectivity index is 1.01. The Morgan fingerprint density at radius 1 is 0.806 bits per heavy atom. The number of Topliss-reactive ketones (excluding diaryl/α,β-unsaturated/α-hetero) is 3. The van der Waals surface area contributed by atoms with Crippen molar-refractivity contribution < 1.29 is 89.6 Å². The molecule has 0 aliphatic carbocycles. The molecule has 0 saturated carbocycles. The predicted molar refractivity (Wildman–Crippen MR) is 254 cm³/mol. The average Bonchev–Trinajstić information content (AvgIpc) is 3.82. The van der Waals surface area contributed by atoms with Gasteiger partial charge in [-0.1, -0.05) is 24.3 Å². The molecule has 1 aromatic heterocycles. The molecule has 1 aliphatic heterocycles. The van der Waals surface area contributed by atoms with Gasteiger partial charge in [0.1, 0.15) is 42.5 Å². The second kappa shape index (κ2) is 27.8. The first-order valence-electron chi connectivity index (χ1n) is 22.6. The third-order valence-corrected chi connectivity index (χ3v) is 12.5. The van der Waals surface area contributed by atoms with Crippen molar-refractivity contribution in [3.63, 3.8) is 0 Å². The van der Waals surface area contributed by atoms with Crippen LogP contribution < -0.4 is 18.8 Å². The van der Waals surface area contributed by atoms with Gasteiger partial charge in [-0.15, -0.1) is 13.5 Å². The molecule has 23 nitrogen and oxygen atoms in total. The molecule has 0 spiro atoms. The highest BCUT2D eigenvalue weighted by molar-refractivity contribution is 7.99. The van der Waals surface area contributed by atoms with Crippen molar-refractivity contribution in [2.75, 3.05) is 52.5 Å². The largest absolute Gasteiger partial charge is 0.501 e. The Labute approximate surface area is 419 Å². The number of thioether (sulfide) groups is 1. The van der Waals surface area contributed by atoms with E-state index in [1.807, 2.05) is 6.92 Å². The maximum Gasteiger partial charge on any atom is 0.501 e. The summed E-state index contributed by atoms with van der Waals surface area (Å²) in [5.41, 5.74) is 7.06. The van der Waals surface area contributed by atoms with Crippen molar-refractivity contribution >= 4 is 51.4 Å². The van der Waals surface area contributed by atoms with E-state index in [0.29, 0.717) is 18.7 Å². The molecule has 1 amide bonds. The van der Waals surface area contributed by atoms with E-state index >= 15 is 0 Å². The zero-order valence-corrected chi connectivity index (χ0v) is 41.3. The van der Waals surface area contributed by atoms with Gasteiger partial charge in [0, 0.05) is 36.1 Å². The van der Waals surface area contributed by atoms with E-state index in [1.165, 1.54) is 49.4 Å². The number of hydrogen-bond acceptors (Lipinski definition) is 22. The Kier molecular flexibility index (Phi) is 22.0. The van der Waals surface area contributed by atoms with Gasteiger partial charge in [-0.25, -0.2) is 9.48 Å². The summed E-state index contributed by atoms with van der Waals surface area (Å²) in [5.74, 6) is -3.55. The maximum atomic E-state index is 13.3. The van der Waals surface area contributed by atoms with Crippen LogP contribution in [0.4, 0.5) is 0 Å². The summed E-state index contributed by atoms with van der Waals surface area (Å²) in [5, 5.41) is 47.9. The monoisotopic (exact) mass is 1050 g/mol. The van der Waals surface area contributed by atoms with Crippen LogP contribution in [0, 0.1) is 0 Å². The number of aliphatic hydroxyl groups excluding tert-OH is 4. The number of carbonyl (C=O) groups is 5. The number of esters is 1. The first kappa shape index (κ1) is 57.0. The molecule has 0 radical (unpaired) electrons. The first-order chi connectivity index (χ1) is 34.4. The number of nitrogens with zero attached hydrogens (tertiary/aromatic N) is 3. The van der Waals surface area contributed by atoms with Gasteiger partial charge in [0.05, 0.1) is 63.2 Å². The van der Waals surface area contributed by atoms with Crippen LogP contribution in [0.1, 0.15) is 85.8 Å². The number of amides is 1. The normalized spacial score (nSPS) is 18.2. The molecule has 3 aromatic carbocycles. The fourth-order valence-electron chi connectivity index (χ4n) is 6.78. The lowest BCUT2D eigenvalue weighted by molar-refractivity contribution is -0.277. The maximum absolute atomic E-state index is 13.3. The van der Waals surface area contributed by atoms with Crippen LogP contribution in [-0.4, -0.2) is 162 Å². The van der Waals surface area contributed by atoms with Crippen LogP contribution in [0.25, 0.3) is 0 Å². The van der Waals surface area contributed by atoms with Crippen LogP contribution in [0.2, 0.25) is 0 Å². The van der Waals surface area contributed by atoms with Crippen molar-refractivity contribution in [1.29, 1.82) is 0 Å². The lowest BCUT2D eigenvalue weighted by atomic mass is 9.98. The van der Waals surface area contributed by atoms with Gasteiger partial charge in [-0.05, 0) is 80.1 Å². The minimum Gasteiger partial charge on any atom is -0.460 e. The van der Waals surface area contributed by atoms with E-state index in [0.717, 1.165) is 23.4 Å². The molecule has 4 aromatic rings. The van der Waals surface area contributed by atoms with E-state index in [-0.39, 0.29) is 105 Å². The van der Waals surface area contributed by atoms with E-state index in [2.05, 4.69) is 10.3 Å². The standard InChI is InChI=1S/C47H58N4O19S2/c1-4-29-7-10-35(11-8-29)69-72(61,62)70-39-23-30(9-12-38(39)67-47-44(58)43(57)42(56)40(26-52)68-47)36(54)6-5-14-63-15-13-51-25-34(49-50-51)27-65-17-16-64-18-19-66-46(60)33-21-31(28(2)53)20-32(22-33)37(55)24-41(71-3)45(48)59/h7-12,20-23,25,40-44,47,52,56-58H,4-6,13-19,24,26-27H2,1-3H3,(H2,48,59)/t40-,41?,42+,43+,44-,47?/m1/s1. The highest BCUT2D eigenvalue weighted by atomic mass is 32.3. The number of carbonyl (C=O) groups excluding carboxylic acids is 5. The van der Waals surface area contributed by atoms with Gasteiger partial charge in [0.15, 0.2) is 28.8 Å². The summed E-state index contributed by atoms with van der Waals surface area (Å²) in [6, 6.07) is 13.8. The number of aliphatic hydroxyl groups is 4. The Morgan fingerprint density at radius 3 is 2.19 bits per heavy atom. The molecular formula is C47H58N4O19S2. The molecule has 0 bridgehead atoms. The number of nitrogens with two attached hydrogens (primary N) is 1. The number of ketones is 3. The van der Waals surface area contributed by atoms with E-state index < -0.39 is 82.2 Å². The third kappa shape index (κ3) is 17.1. The van der Waals surface area contributed by atoms with Gasteiger partial charge in [-0.3, -0.25) is 19.2 Å². The summed E-state index contributed by atoms with van der Waals surface area (Å²) in [4.78, 5) is 62.5. The topological polar surface area (TPSA) is 331 Å². The average molecular weight is 1050 g/mol. The molecule has 1 saturated heterocycles. The Bertz CT molecular complexity index is 2580. The van der Waals surface area contributed by atoms with Crippen molar-refractivity contribution in [1.82, 2.24) is 15.0 Å².